The molecule has 0 aliphatic carbocycles. The molecule has 8 nitrogen and oxygen atoms in total. The van der Waals surface area contributed by atoms with Crippen LogP contribution in [-0.4, -0.2) is 30.5 Å². The molecule has 0 aliphatic rings. The van der Waals surface area contributed by atoms with E-state index < -0.39 is 10.9 Å². The highest BCUT2D eigenvalue weighted by Crippen LogP contribution is 2.24. The Balaban J connectivity index is 1.96. The van der Waals surface area contributed by atoms with Gasteiger partial charge >= 0.3 is 5.97 Å². The summed E-state index contributed by atoms with van der Waals surface area (Å²) in [4.78, 5) is 33.8. The van der Waals surface area contributed by atoms with Gasteiger partial charge in [0, 0.05) is 11.8 Å². The Labute approximate surface area is 144 Å². The van der Waals surface area contributed by atoms with Crippen LogP contribution in [0.15, 0.2) is 42.5 Å². The van der Waals surface area contributed by atoms with E-state index in [9.17, 15) is 19.7 Å². The summed E-state index contributed by atoms with van der Waals surface area (Å²) in [5, 5.41) is 16.5. The van der Waals surface area contributed by atoms with E-state index in [0.29, 0.717) is 22.5 Å². The molecule has 130 valence electrons. The Kier molecular flexibility index (Phi) is 5.67. The Morgan fingerprint density at radius 1 is 1.16 bits per heavy atom. The van der Waals surface area contributed by atoms with Gasteiger partial charge in [0.2, 0.25) is 5.91 Å². The first-order valence-corrected chi connectivity index (χ1v) is 7.38. The predicted octanol–water partition coefficient (Wildman–Crippen LogP) is 2.74. The quantitative estimate of drug-likeness (QED) is 0.474. The number of amides is 1. The van der Waals surface area contributed by atoms with Crippen molar-refractivity contribution in [2.24, 2.45) is 0 Å². The molecular weight excluding hydrogens is 326 g/mol. The summed E-state index contributed by atoms with van der Waals surface area (Å²) in [5.74, 6) is -0.786. The molecular formula is C17H17N3O5. The van der Waals surface area contributed by atoms with Gasteiger partial charge in [-0.2, -0.15) is 0 Å². The van der Waals surface area contributed by atoms with Crippen LogP contribution in [0.5, 0.6) is 0 Å². The standard InChI is InChI=1S/C17H17N3O5/c1-11-14(4-3-5-15(11)20(23)24)19-16(21)10-18-13-8-6-12(7-9-13)17(22)25-2/h3-9,18H,10H2,1-2H3,(H,19,21). The van der Waals surface area contributed by atoms with Crippen molar-refractivity contribution in [2.75, 3.05) is 24.3 Å². The van der Waals surface area contributed by atoms with E-state index in [1.807, 2.05) is 0 Å². The molecule has 25 heavy (non-hydrogen) atoms. The van der Waals surface area contributed by atoms with E-state index in [2.05, 4.69) is 15.4 Å². The number of methoxy groups -OCH3 is 1. The van der Waals surface area contributed by atoms with E-state index in [1.165, 1.54) is 19.2 Å². The SMILES string of the molecule is COC(=O)c1ccc(NCC(=O)Nc2cccc([N+](=O)[O-])c2C)cc1. The smallest absolute Gasteiger partial charge is 0.337 e. The average Bonchev–Trinajstić information content (AvgIpc) is 2.61. The lowest BCUT2D eigenvalue weighted by atomic mass is 10.1. The second kappa shape index (κ2) is 7.91. The van der Waals surface area contributed by atoms with E-state index in [-0.39, 0.29) is 18.1 Å². The van der Waals surface area contributed by atoms with E-state index in [1.54, 1.807) is 37.3 Å². The zero-order valence-corrected chi connectivity index (χ0v) is 13.7. The van der Waals surface area contributed by atoms with Crippen LogP contribution in [0.3, 0.4) is 0 Å². The average molecular weight is 343 g/mol. The lowest BCUT2D eigenvalue weighted by molar-refractivity contribution is -0.385. The molecule has 2 N–H and O–H groups in total. The minimum absolute atomic E-state index is 0.0281. The topological polar surface area (TPSA) is 111 Å². The lowest BCUT2D eigenvalue weighted by Gasteiger charge is -2.10. The van der Waals surface area contributed by atoms with Gasteiger partial charge in [0.05, 0.1) is 35.4 Å². The van der Waals surface area contributed by atoms with Crippen molar-refractivity contribution in [3.05, 3.63) is 63.7 Å². The minimum Gasteiger partial charge on any atom is -0.465 e. The van der Waals surface area contributed by atoms with Crippen LogP contribution in [-0.2, 0) is 9.53 Å². The summed E-state index contributed by atoms with van der Waals surface area (Å²) >= 11 is 0. The van der Waals surface area contributed by atoms with Gasteiger partial charge in [-0.25, -0.2) is 4.79 Å². The van der Waals surface area contributed by atoms with E-state index in [4.69, 9.17) is 0 Å². The maximum absolute atomic E-state index is 12.0. The van der Waals surface area contributed by atoms with Crippen LogP contribution in [0.25, 0.3) is 0 Å². The zero-order chi connectivity index (χ0) is 18.4. The second-order valence-electron chi connectivity index (χ2n) is 5.18. The third kappa shape index (κ3) is 4.54. The number of nitrogens with zero attached hydrogens (tertiary/aromatic N) is 1. The zero-order valence-electron chi connectivity index (χ0n) is 13.7. The number of hydrogen-bond donors (Lipinski definition) is 2. The number of esters is 1. The van der Waals surface area contributed by atoms with Crippen molar-refractivity contribution in [3.8, 4) is 0 Å². The molecule has 2 aromatic rings. The Morgan fingerprint density at radius 3 is 2.44 bits per heavy atom. The van der Waals surface area contributed by atoms with E-state index in [0.717, 1.165) is 0 Å². The van der Waals surface area contributed by atoms with Crippen molar-refractivity contribution in [2.45, 2.75) is 6.92 Å². The van der Waals surface area contributed by atoms with E-state index >= 15 is 0 Å². The molecule has 0 saturated carbocycles. The van der Waals surface area contributed by atoms with Crippen molar-refractivity contribution < 1.29 is 19.2 Å². The first-order valence-electron chi connectivity index (χ1n) is 7.38. The third-order valence-corrected chi connectivity index (χ3v) is 3.54. The fraction of sp³-hybridized carbons (Fsp3) is 0.176. The van der Waals surface area contributed by atoms with Crippen molar-refractivity contribution in [1.29, 1.82) is 0 Å². The fourth-order valence-corrected chi connectivity index (χ4v) is 2.18. The van der Waals surface area contributed by atoms with Crippen LogP contribution in [0.4, 0.5) is 17.1 Å². The molecule has 1 amide bonds. The molecule has 0 saturated heterocycles. The van der Waals surface area contributed by atoms with Gasteiger partial charge in [0.25, 0.3) is 5.69 Å². The van der Waals surface area contributed by atoms with Crippen LogP contribution in [0.1, 0.15) is 15.9 Å². The highest BCUT2D eigenvalue weighted by molar-refractivity contribution is 5.95. The van der Waals surface area contributed by atoms with Gasteiger partial charge in [0.1, 0.15) is 0 Å². The number of ether oxygens (including phenoxy) is 1. The molecule has 0 heterocycles. The molecule has 0 atom stereocenters. The summed E-state index contributed by atoms with van der Waals surface area (Å²) in [6.07, 6.45) is 0. The number of nitro groups is 1. The molecule has 0 radical (unpaired) electrons. The van der Waals surface area contributed by atoms with Crippen LogP contribution < -0.4 is 10.6 Å². The minimum atomic E-state index is -0.494. The van der Waals surface area contributed by atoms with Crippen LogP contribution >= 0.6 is 0 Å². The number of nitro benzene ring substituents is 1. The number of carbonyl (C=O) groups excluding carboxylic acids is 2. The Morgan fingerprint density at radius 2 is 1.84 bits per heavy atom. The molecule has 0 aromatic heterocycles. The van der Waals surface area contributed by atoms with Crippen molar-refractivity contribution >= 4 is 28.9 Å². The summed E-state index contributed by atoms with van der Waals surface area (Å²) in [5.41, 5.74) is 1.79. The number of hydrogen-bond acceptors (Lipinski definition) is 6. The maximum Gasteiger partial charge on any atom is 0.337 e. The summed E-state index contributed by atoms with van der Waals surface area (Å²) in [7, 11) is 1.30. The van der Waals surface area contributed by atoms with Gasteiger partial charge in [-0.05, 0) is 37.3 Å². The Bertz CT molecular complexity index is 802. The fourth-order valence-electron chi connectivity index (χ4n) is 2.18. The highest BCUT2D eigenvalue weighted by atomic mass is 16.6. The van der Waals surface area contributed by atoms with Crippen molar-refractivity contribution in [1.82, 2.24) is 0 Å². The number of anilines is 2. The number of nitrogens with one attached hydrogen (secondary N) is 2. The molecule has 0 spiro atoms. The molecule has 0 unspecified atom stereocenters. The molecule has 2 rings (SSSR count). The van der Waals surface area contributed by atoms with Gasteiger partial charge in [0.15, 0.2) is 0 Å². The third-order valence-electron chi connectivity index (χ3n) is 3.54. The Hall–Kier alpha value is -3.42. The van der Waals surface area contributed by atoms with Gasteiger partial charge in [-0.1, -0.05) is 6.07 Å². The first kappa shape index (κ1) is 17.9. The van der Waals surface area contributed by atoms with Crippen LogP contribution in [0.2, 0.25) is 0 Å². The maximum atomic E-state index is 12.0. The second-order valence-corrected chi connectivity index (χ2v) is 5.18. The summed E-state index contributed by atoms with van der Waals surface area (Å²) in [6.45, 7) is 1.55. The van der Waals surface area contributed by atoms with Gasteiger partial charge < -0.3 is 15.4 Å². The largest absolute Gasteiger partial charge is 0.465 e. The predicted molar refractivity (Wildman–Crippen MR) is 92.7 cm³/mol. The summed E-state index contributed by atoms with van der Waals surface area (Å²) in [6, 6.07) is 11.0. The number of carbonyl (C=O) groups is 2. The number of benzene rings is 2. The molecule has 2 aromatic carbocycles. The van der Waals surface area contributed by atoms with Crippen molar-refractivity contribution in [3.63, 3.8) is 0 Å². The highest BCUT2D eigenvalue weighted by Gasteiger charge is 2.14. The monoisotopic (exact) mass is 343 g/mol. The van der Waals surface area contributed by atoms with Gasteiger partial charge in [-0.15, -0.1) is 0 Å². The number of rotatable bonds is 6. The first-order chi connectivity index (χ1) is 11.9. The normalized spacial score (nSPS) is 10.0. The molecule has 8 heteroatoms. The lowest BCUT2D eigenvalue weighted by Crippen LogP contribution is -2.22. The summed E-state index contributed by atoms with van der Waals surface area (Å²) < 4.78 is 4.61. The molecule has 0 fully saturated rings. The molecule has 0 aliphatic heterocycles. The van der Waals surface area contributed by atoms with Crippen LogP contribution in [0, 0.1) is 17.0 Å². The molecule has 0 bridgehead atoms. The van der Waals surface area contributed by atoms with Gasteiger partial charge in [-0.3, -0.25) is 14.9 Å².